The third-order valence-corrected chi connectivity index (χ3v) is 0.731. The van der Waals surface area contributed by atoms with Crippen LogP contribution in [-0.4, -0.2) is 16.3 Å². The molecule has 0 aliphatic rings. The average Bonchev–Trinajstić information content (AvgIpc) is 1.67. The number of rotatable bonds is 3. The quantitative estimate of drug-likeness (QED) is 0.419. The third kappa shape index (κ3) is 2.42. The fourth-order valence-corrected chi connectivity index (χ4v) is 0.279. The van der Waals surface area contributed by atoms with Gasteiger partial charge in [0.25, 0.3) is 0 Å². The minimum Gasteiger partial charge on any atom is -0.510 e. The zero-order chi connectivity index (χ0) is 6.57. The molecule has 0 aromatic rings. The molecule has 1 radical (unpaired) electrons. The molecule has 0 amide bonds. The van der Waals surface area contributed by atoms with Crippen LogP contribution in [0.2, 0.25) is 0 Å². The molecule has 0 saturated carbocycles. The van der Waals surface area contributed by atoms with Crippen LogP contribution in [-0.2, 0) is 0 Å². The van der Waals surface area contributed by atoms with Crippen molar-refractivity contribution in [3.8, 4) is 0 Å². The molecule has 0 rings (SSSR count). The first-order chi connectivity index (χ1) is 3.68. The van der Waals surface area contributed by atoms with Crippen molar-refractivity contribution in [3.63, 3.8) is 0 Å². The highest BCUT2D eigenvalue weighted by Crippen LogP contribution is 1.98. The standard InChI is InChI=1S/C6H9O2/c1-3-4-6(8)5(2)7/h2-3,6-8H,1,4H2. The number of hydrogen-bond donors (Lipinski definition) is 2. The SMILES string of the molecule is [CH]=C(O)C(O)CC=C. The highest BCUT2D eigenvalue weighted by atomic mass is 16.3. The third-order valence-electron chi connectivity index (χ3n) is 0.731. The first-order valence-corrected chi connectivity index (χ1v) is 2.28. The van der Waals surface area contributed by atoms with Gasteiger partial charge in [0, 0.05) is 0 Å². The van der Waals surface area contributed by atoms with Gasteiger partial charge in [-0.25, -0.2) is 0 Å². The second kappa shape index (κ2) is 3.27. The molecule has 2 heteroatoms. The van der Waals surface area contributed by atoms with E-state index in [1.165, 1.54) is 6.08 Å². The van der Waals surface area contributed by atoms with Gasteiger partial charge in [0.1, 0.15) is 11.9 Å². The second-order valence-electron chi connectivity index (χ2n) is 1.47. The van der Waals surface area contributed by atoms with Gasteiger partial charge in [0.2, 0.25) is 0 Å². The summed E-state index contributed by atoms with van der Waals surface area (Å²) in [5.41, 5.74) is 0. The molecular weight excluding hydrogens is 104 g/mol. The molecule has 0 heterocycles. The summed E-state index contributed by atoms with van der Waals surface area (Å²) in [6.07, 6.45) is 0.823. The lowest BCUT2D eigenvalue weighted by molar-refractivity contribution is 0.156. The topological polar surface area (TPSA) is 40.5 Å². The summed E-state index contributed by atoms with van der Waals surface area (Å²) < 4.78 is 0. The summed E-state index contributed by atoms with van der Waals surface area (Å²) in [4.78, 5) is 0. The number of hydrogen-bond acceptors (Lipinski definition) is 2. The van der Waals surface area contributed by atoms with Crippen LogP contribution in [0.3, 0.4) is 0 Å². The first-order valence-electron chi connectivity index (χ1n) is 2.28. The van der Waals surface area contributed by atoms with Gasteiger partial charge < -0.3 is 10.2 Å². The lowest BCUT2D eigenvalue weighted by atomic mass is 10.2. The van der Waals surface area contributed by atoms with E-state index in [4.69, 9.17) is 16.8 Å². The van der Waals surface area contributed by atoms with Crippen LogP contribution >= 0.6 is 0 Å². The molecule has 8 heavy (non-hydrogen) atoms. The molecule has 0 aliphatic carbocycles. The molecule has 0 aromatic carbocycles. The highest BCUT2D eigenvalue weighted by Gasteiger charge is 2.01. The molecule has 0 aromatic heterocycles. The largest absolute Gasteiger partial charge is 0.510 e. The van der Waals surface area contributed by atoms with E-state index in [-0.39, 0.29) is 0 Å². The second-order valence-corrected chi connectivity index (χ2v) is 1.47. The monoisotopic (exact) mass is 113 g/mol. The van der Waals surface area contributed by atoms with Gasteiger partial charge in [-0.3, -0.25) is 0 Å². The van der Waals surface area contributed by atoms with E-state index in [1.807, 2.05) is 0 Å². The van der Waals surface area contributed by atoms with E-state index < -0.39 is 11.9 Å². The molecular formula is C6H9O2. The summed E-state index contributed by atoms with van der Waals surface area (Å²) in [7, 11) is 0. The summed E-state index contributed by atoms with van der Waals surface area (Å²) in [6.45, 7) is 8.14. The van der Waals surface area contributed by atoms with Crippen LogP contribution in [0.4, 0.5) is 0 Å². The molecule has 0 saturated heterocycles. The van der Waals surface area contributed by atoms with Crippen molar-refractivity contribution in [2.24, 2.45) is 0 Å². The zero-order valence-electron chi connectivity index (χ0n) is 4.54. The lowest BCUT2D eigenvalue weighted by Crippen LogP contribution is -2.06. The van der Waals surface area contributed by atoms with Crippen molar-refractivity contribution in [3.05, 3.63) is 25.0 Å². The Kier molecular flexibility index (Phi) is 2.96. The molecule has 2 N–H and O–H groups in total. The Morgan fingerprint density at radius 2 is 2.38 bits per heavy atom. The van der Waals surface area contributed by atoms with Crippen molar-refractivity contribution in [2.75, 3.05) is 0 Å². The Bertz CT molecular complexity index is 96.7. The summed E-state index contributed by atoms with van der Waals surface area (Å²) in [5.74, 6) is -0.454. The highest BCUT2D eigenvalue weighted by molar-refractivity contribution is 4.90. The predicted molar refractivity (Wildman–Crippen MR) is 31.3 cm³/mol. The molecule has 0 bridgehead atoms. The Morgan fingerprint density at radius 3 is 2.50 bits per heavy atom. The van der Waals surface area contributed by atoms with E-state index in [2.05, 4.69) is 6.58 Å². The van der Waals surface area contributed by atoms with E-state index in [9.17, 15) is 0 Å². The Balaban J connectivity index is 3.46. The molecule has 0 spiro atoms. The average molecular weight is 113 g/mol. The van der Waals surface area contributed by atoms with Crippen LogP contribution < -0.4 is 0 Å². The maximum atomic E-state index is 8.64. The van der Waals surface area contributed by atoms with Gasteiger partial charge in [-0.05, 0) is 13.0 Å². The van der Waals surface area contributed by atoms with Crippen molar-refractivity contribution in [1.29, 1.82) is 0 Å². The van der Waals surface area contributed by atoms with Crippen LogP contribution in [0.5, 0.6) is 0 Å². The van der Waals surface area contributed by atoms with Gasteiger partial charge in [0.15, 0.2) is 0 Å². The smallest absolute Gasteiger partial charge is 0.121 e. The number of aliphatic hydroxyl groups excluding tert-OH is 2. The maximum absolute atomic E-state index is 8.64. The molecule has 0 aliphatic heterocycles. The van der Waals surface area contributed by atoms with E-state index >= 15 is 0 Å². The summed E-state index contributed by atoms with van der Waals surface area (Å²) >= 11 is 0. The minimum absolute atomic E-state index is 0.294. The van der Waals surface area contributed by atoms with Gasteiger partial charge >= 0.3 is 0 Å². The van der Waals surface area contributed by atoms with Gasteiger partial charge in [-0.2, -0.15) is 0 Å². The van der Waals surface area contributed by atoms with Gasteiger partial charge in [-0.15, -0.1) is 6.58 Å². The Labute approximate surface area is 48.8 Å². The normalized spacial score (nSPS) is 12.6. The van der Waals surface area contributed by atoms with Crippen molar-refractivity contribution in [1.82, 2.24) is 0 Å². The molecule has 1 unspecified atom stereocenters. The van der Waals surface area contributed by atoms with Crippen LogP contribution in [0.15, 0.2) is 18.4 Å². The Morgan fingerprint density at radius 1 is 1.88 bits per heavy atom. The molecule has 45 valence electrons. The van der Waals surface area contributed by atoms with Gasteiger partial charge in [0.05, 0.1) is 0 Å². The molecule has 0 fully saturated rings. The number of aliphatic hydroxyl groups is 2. The van der Waals surface area contributed by atoms with Crippen LogP contribution in [0, 0.1) is 6.58 Å². The lowest BCUT2D eigenvalue weighted by Gasteiger charge is -2.02. The van der Waals surface area contributed by atoms with Crippen LogP contribution in [0.1, 0.15) is 6.42 Å². The summed E-state index contributed by atoms with van der Waals surface area (Å²) in [6, 6.07) is 0. The maximum Gasteiger partial charge on any atom is 0.121 e. The van der Waals surface area contributed by atoms with Crippen LogP contribution in [0.25, 0.3) is 0 Å². The summed E-state index contributed by atoms with van der Waals surface area (Å²) in [5, 5.41) is 17.0. The van der Waals surface area contributed by atoms with Crippen molar-refractivity contribution >= 4 is 0 Å². The van der Waals surface area contributed by atoms with Crippen molar-refractivity contribution < 1.29 is 10.2 Å². The first kappa shape index (κ1) is 7.24. The molecule has 1 atom stereocenters. The van der Waals surface area contributed by atoms with Gasteiger partial charge in [-0.1, -0.05) is 6.08 Å². The van der Waals surface area contributed by atoms with E-state index in [0.29, 0.717) is 6.42 Å². The van der Waals surface area contributed by atoms with E-state index in [0.717, 1.165) is 0 Å². The fraction of sp³-hybridized carbons (Fsp3) is 0.333. The van der Waals surface area contributed by atoms with Crippen molar-refractivity contribution in [2.45, 2.75) is 12.5 Å². The predicted octanol–water partition coefficient (Wildman–Crippen LogP) is 0.798. The Hall–Kier alpha value is -0.760. The molecule has 2 nitrogen and oxygen atoms in total. The van der Waals surface area contributed by atoms with E-state index in [1.54, 1.807) is 0 Å². The minimum atomic E-state index is -0.951. The zero-order valence-corrected chi connectivity index (χ0v) is 4.54. The fourth-order valence-electron chi connectivity index (χ4n) is 0.279.